The molecule has 0 aromatic heterocycles. The predicted octanol–water partition coefficient (Wildman–Crippen LogP) is 8.70. The molecule has 0 atom stereocenters. The van der Waals surface area contributed by atoms with E-state index in [2.05, 4.69) is 80.2 Å². The van der Waals surface area contributed by atoms with Crippen molar-refractivity contribution in [3.63, 3.8) is 0 Å². The van der Waals surface area contributed by atoms with Gasteiger partial charge in [0.05, 0.1) is 5.60 Å². The van der Waals surface area contributed by atoms with Gasteiger partial charge in [0.2, 0.25) is 0 Å². The third kappa shape index (κ3) is 12.0. The molecule has 0 unspecified atom stereocenters. The molecule has 2 fully saturated rings. The molecule has 0 amide bonds. The molecule has 2 saturated carbocycles. The van der Waals surface area contributed by atoms with Crippen molar-refractivity contribution in [2.45, 2.75) is 95.6 Å². The molecule has 33 heavy (non-hydrogen) atoms. The molecule has 2 nitrogen and oxygen atoms in total. The maximum Gasteiger partial charge on any atom is 0.0949 e. The zero-order chi connectivity index (χ0) is 25.2. The third-order valence-corrected chi connectivity index (χ3v) is 6.51. The van der Waals surface area contributed by atoms with E-state index >= 15 is 0 Å². The van der Waals surface area contributed by atoms with Crippen molar-refractivity contribution in [2.75, 3.05) is 0 Å². The molecule has 0 saturated heterocycles. The Morgan fingerprint density at radius 2 is 0.697 bits per heavy atom. The second-order valence-corrected chi connectivity index (χ2v) is 9.53. The molecule has 1 aromatic carbocycles. The Bertz CT molecular complexity index is 438. The standard InChI is InChI=1S/2C10H15.C6H5.C4H10O2.Hf/c2*1-6-7(2)9(4)10(5)8(6)3;1-2-4-6-5-3-1;1-4(2,3)6-5;/h2*1-5H3;1-5H;5H,1-3H3;/q;;-1;;. The molecule has 1 aromatic rings. The minimum absolute atomic E-state index is 0. The van der Waals surface area contributed by atoms with Crippen LogP contribution in [-0.2, 0) is 30.7 Å². The van der Waals surface area contributed by atoms with E-state index in [0.29, 0.717) is 0 Å². The van der Waals surface area contributed by atoms with E-state index in [1.54, 1.807) is 20.8 Å². The maximum absolute atomic E-state index is 7.90. The molecule has 0 spiro atoms. The summed E-state index contributed by atoms with van der Waals surface area (Å²) < 4.78 is 0. The van der Waals surface area contributed by atoms with Gasteiger partial charge >= 0.3 is 0 Å². The Morgan fingerprint density at radius 3 is 0.758 bits per heavy atom. The fourth-order valence-electron chi connectivity index (χ4n) is 3.15. The number of hydrogen-bond acceptors (Lipinski definition) is 2. The van der Waals surface area contributed by atoms with Crippen molar-refractivity contribution < 1.29 is 36.0 Å². The van der Waals surface area contributed by atoms with Crippen molar-refractivity contribution in [3.05, 3.63) is 95.6 Å². The van der Waals surface area contributed by atoms with E-state index in [4.69, 9.17) is 5.26 Å². The Hall–Kier alpha value is 0.0101. The summed E-state index contributed by atoms with van der Waals surface area (Å²) in [6.07, 6.45) is 0. The topological polar surface area (TPSA) is 29.5 Å². The summed E-state index contributed by atoms with van der Waals surface area (Å²) in [4.78, 5) is 3.94. The predicted molar refractivity (Wildman–Crippen MR) is 138 cm³/mol. The number of hydrogen-bond donors (Lipinski definition) is 1. The van der Waals surface area contributed by atoms with Crippen LogP contribution in [0, 0.1) is 65.2 Å². The van der Waals surface area contributed by atoms with Gasteiger partial charge in [-0.1, -0.05) is 69.2 Å². The second-order valence-electron chi connectivity index (χ2n) is 9.53. The maximum atomic E-state index is 7.90. The normalized spacial score (nSPS) is 20.9. The average molecular weight is 616 g/mol. The summed E-state index contributed by atoms with van der Waals surface area (Å²) >= 11 is 0. The van der Waals surface area contributed by atoms with Crippen molar-refractivity contribution in [3.8, 4) is 0 Å². The zero-order valence-corrected chi connectivity index (χ0v) is 26.8. The summed E-state index contributed by atoms with van der Waals surface area (Å²) in [5, 5.41) is 7.90. The first kappa shape index (κ1) is 35.2. The largest absolute Gasteiger partial charge is 0.251 e. The van der Waals surface area contributed by atoms with Crippen LogP contribution in [0.3, 0.4) is 0 Å². The fraction of sp³-hybridized carbons (Fsp3) is 0.467. The van der Waals surface area contributed by atoms with E-state index < -0.39 is 5.60 Å². The molecule has 1 N–H and O–H groups in total. The molecule has 10 radical (unpaired) electrons. The van der Waals surface area contributed by atoms with Crippen molar-refractivity contribution in [1.82, 2.24) is 0 Å². The molecule has 0 bridgehead atoms. The van der Waals surface area contributed by atoms with E-state index in [-0.39, 0.29) is 25.8 Å². The van der Waals surface area contributed by atoms with Crippen molar-refractivity contribution >= 4 is 0 Å². The van der Waals surface area contributed by atoms with Crippen LogP contribution in [0.5, 0.6) is 0 Å². The van der Waals surface area contributed by atoms with E-state index in [0.717, 1.165) is 0 Å². The number of benzene rings is 1. The van der Waals surface area contributed by atoms with Crippen LogP contribution >= 0.6 is 0 Å². The first-order valence-corrected chi connectivity index (χ1v) is 11.3. The zero-order valence-electron chi connectivity index (χ0n) is 23.2. The first-order valence-electron chi connectivity index (χ1n) is 11.3. The van der Waals surface area contributed by atoms with Gasteiger partial charge in [0.15, 0.2) is 0 Å². The Kier molecular flexibility index (Phi) is 17.7. The van der Waals surface area contributed by atoms with Gasteiger partial charge in [-0.3, -0.25) is 5.26 Å². The van der Waals surface area contributed by atoms with Crippen LogP contribution in [-0.4, -0.2) is 10.9 Å². The summed E-state index contributed by atoms with van der Waals surface area (Å²) in [5.74, 6) is 14.7. The summed E-state index contributed by atoms with van der Waals surface area (Å²) in [5.41, 5.74) is -0.403. The van der Waals surface area contributed by atoms with Crippen LogP contribution < -0.4 is 0 Å². The summed E-state index contributed by atoms with van der Waals surface area (Å²) in [7, 11) is 0. The van der Waals surface area contributed by atoms with Crippen LogP contribution in [0.25, 0.3) is 0 Å². The third-order valence-electron chi connectivity index (χ3n) is 6.51. The second kappa shape index (κ2) is 16.6. The van der Waals surface area contributed by atoms with Gasteiger partial charge in [0.25, 0.3) is 0 Å². The molecule has 3 heteroatoms. The molecule has 182 valence electrons. The van der Waals surface area contributed by atoms with Gasteiger partial charge in [-0.05, 0) is 80.0 Å². The van der Waals surface area contributed by atoms with Crippen LogP contribution in [0.4, 0.5) is 0 Å². The van der Waals surface area contributed by atoms with Gasteiger partial charge in [-0.2, -0.15) is 36.4 Å². The summed E-state index contributed by atoms with van der Waals surface area (Å²) in [6.45, 7) is 27.3. The Morgan fingerprint density at radius 1 is 0.515 bits per heavy atom. The smallest absolute Gasteiger partial charge is 0.0949 e. The Labute approximate surface area is 226 Å². The quantitative estimate of drug-likeness (QED) is 0.137. The minimum atomic E-state index is -0.403. The molecule has 2 aliphatic rings. The first-order chi connectivity index (χ1) is 14.7. The molecule has 0 heterocycles. The van der Waals surface area contributed by atoms with Crippen molar-refractivity contribution in [1.29, 1.82) is 0 Å². The van der Waals surface area contributed by atoms with Gasteiger partial charge in [0.1, 0.15) is 0 Å². The monoisotopic (exact) mass is 617 g/mol. The van der Waals surface area contributed by atoms with Crippen LogP contribution in [0.1, 0.15) is 90.0 Å². The Balaban J connectivity index is 0. The minimum Gasteiger partial charge on any atom is -0.251 e. The summed E-state index contributed by atoms with van der Waals surface area (Å²) in [6, 6.07) is 12.5. The van der Waals surface area contributed by atoms with Crippen molar-refractivity contribution in [2.24, 2.45) is 0 Å². The van der Waals surface area contributed by atoms with E-state index in [9.17, 15) is 0 Å². The molecule has 0 aliphatic heterocycles. The van der Waals surface area contributed by atoms with Crippen LogP contribution in [0.2, 0.25) is 0 Å². The fourth-order valence-corrected chi connectivity index (χ4v) is 3.15. The van der Waals surface area contributed by atoms with Gasteiger partial charge in [0, 0.05) is 25.8 Å². The van der Waals surface area contributed by atoms with Gasteiger partial charge in [-0.25, -0.2) is 4.89 Å². The molecular formula is C30H45HfO2-. The van der Waals surface area contributed by atoms with Gasteiger partial charge < -0.3 is 0 Å². The van der Waals surface area contributed by atoms with E-state index in [1.807, 2.05) is 30.3 Å². The number of rotatable bonds is 0. The van der Waals surface area contributed by atoms with Crippen LogP contribution in [0.15, 0.2) is 30.3 Å². The average Bonchev–Trinajstić information content (AvgIpc) is 3.05. The van der Waals surface area contributed by atoms with E-state index in [1.165, 1.54) is 59.2 Å². The SMILES string of the molecule is CC(C)(C)OO.C[C]1[C](C)[C](C)[C](C)[C]1C.C[C]1[C](C)[C](C)[C](C)[C]1C.[Hf].[c-]1ccccc1. The molecular weight excluding hydrogens is 571 g/mol. The van der Waals surface area contributed by atoms with Gasteiger partial charge in [-0.15, -0.1) is 0 Å². The molecule has 2 aliphatic carbocycles. The molecule has 3 rings (SSSR count).